The third-order valence-corrected chi connectivity index (χ3v) is 4.77. The van der Waals surface area contributed by atoms with Gasteiger partial charge in [-0.3, -0.25) is 14.9 Å². The van der Waals surface area contributed by atoms with Gasteiger partial charge in [0.15, 0.2) is 0 Å². The molecule has 4 heteroatoms. The smallest absolute Gasteiger partial charge is 0.0884 e. The van der Waals surface area contributed by atoms with Gasteiger partial charge in [0.1, 0.15) is 0 Å². The van der Waals surface area contributed by atoms with Gasteiger partial charge in [0.2, 0.25) is 0 Å². The molecule has 1 fully saturated rings. The van der Waals surface area contributed by atoms with Crippen LogP contribution in [0.25, 0.3) is 0 Å². The highest BCUT2D eigenvalue weighted by atomic mass is 16.5. The van der Waals surface area contributed by atoms with Crippen LogP contribution in [0.5, 0.6) is 0 Å². The first kappa shape index (κ1) is 16.1. The highest BCUT2D eigenvalue weighted by molar-refractivity contribution is 5.23. The molecule has 0 bridgehead atoms. The van der Waals surface area contributed by atoms with Gasteiger partial charge >= 0.3 is 0 Å². The lowest BCUT2D eigenvalue weighted by molar-refractivity contribution is 0.108. The molecule has 0 spiro atoms. The first-order chi connectivity index (χ1) is 11.2. The van der Waals surface area contributed by atoms with Crippen molar-refractivity contribution in [2.45, 2.75) is 44.9 Å². The molecule has 2 aromatic rings. The standard InChI is InChI=1S/C19H25N3O/c1-14-7-6-12-20-19(14)18-11-5-10-17(22(18)2)16-9-4-8-15(21-16)13-23-3/h4,6-9,12,17-18H,5,10-11,13H2,1-3H3. The molecule has 23 heavy (non-hydrogen) atoms. The van der Waals surface area contributed by atoms with Gasteiger partial charge in [-0.15, -0.1) is 0 Å². The molecule has 122 valence electrons. The van der Waals surface area contributed by atoms with Crippen LogP contribution in [0.15, 0.2) is 36.5 Å². The summed E-state index contributed by atoms with van der Waals surface area (Å²) >= 11 is 0. The Morgan fingerprint density at radius 1 is 1.17 bits per heavy atom. The van der Waals surface area contributed by atoms with E-state index >= 15 is 0 Å². The van der Waals surface area contributed by atoms with Crippen LogP contribution in [0.2, 0.25) is 0 Å². The molecular weight excluding hydrogens is 286 g/mol. The topological polar surface area (TPSA) is 38.2 Å². The summed E-state index contributed by atoms with van der Waals surface area (Å²) in [5, 5.41) is 0. The molecular formula is C19H25N3O. The summed E-state index contributed by atoms with van der Waals surface area (Å²) in [6, 6.07) is 11.1. The number of aryl methyl sites for hydroxylation is 1. The van der Waals surface area contributed by atoms with E-state index in [-0.39, 0.29) is 0 Å². The Hall–Kier alpha value is -1.78. The van der Waals surface area contributed by atoms with Gasteiger partial charge in [0.05, 0.1) is 35.8 Å². The molecule has 2 aromatic heterocycles. The van der Waals surface area contributed by atoms with E-state index in [9.17, 15) is 0 Å². The zero-order valence-electron chi connectivity index (χ0n) is 14.2. The van der Waals surface area contributed by atoms with Gasteiger partial charge < -0.3 is 4.74 Å². The zero-order valence-corrected chi connectivity index (χ0v) is 14.2. The van der Waals surface area contributed by atoms with Crippen molar-refractivity contribution in [1.29, 1.82) is 0 Å². The quantitative estimate of drug-likeness (QED) is 0.860. The molecule has 0 radical (unpaired) electrons. The predicted octanol–water partition coefficient (Wildman–Crippen LogP) is 3.83. The third kappa shape index (κ3) is 3.43. The summed E-state index contributed by atoms with van der Waals surface area (Å²) in [6.45, 7) is 2.71. The highest BCUT2D eigenvalue weighted by Crippen LogP contribution is 2.39. The summed E-state index contributed by atoms with van der Waals surface area (Å²) in [4.78, 5) is 11.9. The van der Waals surface area contributed by atoms with Gasteiger partial charge in [-0.1, -0.05) is 12.1 Å². The van der Waals surface area contributed by atoms with Gasteiger partial charge in [-0.25, -0.2) is 0 Å². The second kappa shape index (κ2) is 7.20. The number of methoxy groups -OCH3 is 1. The number of rotatable bonds is 4. The highest BCUT2D eigenvalue weighted by Gasteiger charge is 2.31. The minimum atomic E-state index is 0.340. The molecule has 0 aromatic carbocycles. The van der Waals surface area contributed by atoms with Gasteiger partial charge in [0.25, 0.3) is 0 Å². The lowest BCUT2D eigenvalue weighted by atomic mass is 9.90. The minimum Gasteiger partial charge on any atom is -0.378 e. The summed E-state index contributed by atoms with van der Waals surface area (Å²) in [7, 11) is 3.91. The molecule has 2 atom stereocenters. The van der Waals surface area contributed by atoms with Crippen LogP contribution in [0.1, 0.15) is 54.0 Å². The Bertz CT molecular complexity index is 659. The molecule has 1 saturated heterocycles. The fourth-order valence-corrected chi connectivity index (χ4v) is 3.57. The van der Waals surface area contributed by atoms with E-state index in [1.54, 1.807) is 7.11 Å². The maximum Gasteiger partial charge on any atom is 0.0884 e. The second-order valence-corrected chi connectivity index (χ2v) is 6.32. The maximum absolute atomic E-state index is 5.22. The Balaban J connectivity index is 1.86. The van der Waals surface area contributed by atoms with Gasteiger partial charge in [-0.05, 0) is 57.0 Å². The van der Waals surface area contributed by atoms with E-state index in [4.69, 9.17) is 9.72 Å². The molecule has 0 aliphatic carbocycles. The van der Waals surface area contributed by atoms with Gasteiger partial charge in [-0.2, -0.15) is 0 Å². The van der Waals surface area contributed by atoms with E-state index in [0.29, 0.717) is 18.7 Å². The third-order valence-electron chi connectivity index (χ3n) is 4.77. The number of pyridine rings is 2. The van der Waals surface area contributed by atoms with Crippen molar-refractivity contribution >= 4 is 0 Å². The second-order valence-electron chi connectivity index (χ2n) is 6.32. The molecule has 3 heterocycles. The minimum absolute atomic E-state index is 0.340. The van der Waals surface area contributed by atoms with Crippen LogP contribution in [-0.2, 0) is 11.3 Å². The summed E-state index contributed by atoms with van der Waals surface area (Å²) in [5.74, 6) is 0. The molecule has 2 unspecified atom stereocenters. The number of ether oxygens (including phenoxy) is 1. The molecule has 3 rings (SSSR count). The molecule has 4 nitrogen and oxygen atoms in total. The number of likely N-dealkylation sites (tertiary alicyclic amines) is 1. The van der Waals surface area contributed by atoms with E-state index in [1.807, 2.05) is 18.3 Å². The fraction of sp³-hybridized carbons (Fsp3) is 0.474. The first-order valence-corrected chi connectivity index (χ1v) is 8.29. The van der Waals surface area contributed by atoms with Crippen LogP contribution < -0.4 is 0 Å². The van der Waals surface area contributed by atoms with Crippen LogP contribution in [0.4, 0.5) is 0 Å². The van der Waals surface area contributed by atoms with Crippen molar-refractivity contribution in [1.82, 2.24) is 14.9 Å². The van der Waals surface area contributed by atoms with E-state index < -0.39 is 0 Å². The molecule has 0 N–H and O–H groups in total. The number of aromatic nitrogens is 2. The number of piperidine rings is 1. The van der Waals surface area contributed by atoms with Gasteiger partial charge in [0, 0.05) is 13.3 Å². The normalized spacial score (nSPS) is 22.2. The number of hydrogen-bond acceptors (Lipinski definition) is 4. The summed E-state index contributed by atoms with van der Waals surface area (Å²) in [5.41, 5.74) is 4.61. The molecule has 0 amide bonds. The zero-order chi connectivity index (χ0) is 16.2. The first-order valence-electron chi connectivity index (χ1n) is 8.29. The maximum atomic E-state index is 5.22. The predicted molar refractivity (Wildman–Crippen MR) is 91.0 cm³/mol. The number of nitrogens with zero attached hydrogens (tertiary/aromatic N) is 3. The van der Waals surface area contributed by atoms with Crippen LogP contribution in [0, 0.1) is 6.92 Å². The van der Waals surface area contributed by atoms with Crippen molar-refractivity contribution in [3.63, 3.8) is 0 Å². The number of hydrogen-bond donors (Lipinski definition) is 0. The van der Waals surface area contributed by atoms with Crippen LogP contribution in [0.3, 0.4) is 0 Å². The average molecular weight is 311 g/mol. The summed E-state index contributed by atoms with van der Waals surface area (Å²) in [6.07, 6.45) is 5.40. The van der Waals surface area contributed by atoms with E-state index in [2.05, 4.69) is 42.1 Å². The Kier molecular flexibility index (Phi) is 5.03. The lowest BCUT2D eigenvalue weighted by Gasteiger charge is -2.39. The van der Waals surface area contributed by atoms with E-state index in [1.165, 1.54) is 17.7 Å². The Morgan fingerprint density at radius 2 is 2.00 bits per heavy atom. The summed E-state index contributed by atoms with van der Waals surface area (Å²) < 4.78 is 5.22. The molecule has 0 saturated carbocycles. The van der Waals surface area contributed by atoms with Crippen molar-refractivity contribution in [3.05, 3.63) is 59.2 Å². The Labute approximate surface area is 138 Å². The average Bonchev–Trinajstić information content (AvgIpc) is 2.56. The van der Waals surface area contributed by atoms with Crippen molar-refractivity contribution < 1.29 is 4.74 Å². The van der Waals surface area contributed by atoms with Crippen molar-refractivity contribution in [2.24, 2.45) is 0 Å². The lowest BCUT2D eigenvalue weighted by Crippen LogP contribution is -2.34. The van der Waals surface area contributed by atoms with Crippen molar-refractivity contribution in [2.75, 3.05) is 14.2 Å². The fourth-order valence-electron chi connectivity index (χ4n) is 3.57. The molecule has 1 aliphatic heterocycles. The van der Waals surface area contributed by atoms with Crippen LogP contribution in [-0.4, -0.2) is 29.0 Å². The Morgan fingerprint density at radius 3 is 2.78 bits per heavy atom. The SMILES string of the molecule is COCc1cccc(C2CCCC(c3ncccc3C)N2C)n1. The molecule has 1 aliphatic rings. The largest absolute Gasteiger partial charge is 0.378 e. The van der Waals surface area contributed by atoms with E-state index in [0.717, 1.165) is 24.2 Å². The monoisotopic (exact) mass is 311 g/mol. The van der Waals surface area contributed by atoms with Crippen LogP contribution >= 0.6 is 0 Å². The van der Waals surface area contributed by atoms with Crippen molar-refractivity contribution in [3.8, 4) is 0 Å².